The normalized spacial score (nSPS) is 10.0. The summed E-state index contributed by atoms with van der Waals surface area (Å²) in [6.45, 7) is 1.60. The Balaban J connectivity index is 1.96. The molecule has 0 saturated heterocycles. The highest BCUT2D eigenvalue weighted by Crippen LogP contribution is 2.18. The minimum absolute atomic E-state index is 0.577. The van der Waals surface area contributed by atoms with Crippen molar-refractivity contribution in [1.29, 1.82) is 5.26 Å². The zero-order valence-corrected chi connectivity index (χ0v) is 11.0. The molecule has 2 aromatic rings. The molecule has 0 radical (unpaired) electrons. The van der Waals surface area contributed by atoms with Crippen LogP contribution in [0.4, 0.5) is 0 Å². The van der Waals surface area contributed by atoms with E-state index < -0.39 is 0 Å². The molecular formula is C14H14N2OS. The summed E-state index contributed by atoms with van der Waals surface area (Å²) >= 11 is 1.74. The number of hydrogen-bond donors (Lipinski definition) is 1. The maximum atomic E-state index is 9.00. The first-order chi connectivity index (χ1) is 8.83. The minimum atomic E-state index is 0.577. The van der Waals surface area contributed by atoms with Gasteiger partial charge in [0.1, 0.15) is 11.8 Å². The second-order valence-corrected chi connectivity index (χ2v) is 4.86. The Kier molecular flexibility index (Phi) is 4.35. The van der Waals surface area contributed by atoms with Gasteiger partial charge in [-0.25, -0.2) is 0 Å². The van der Waals surface area contributed by atoms with E-state index in [1.54, 1.807) is 18.4 Å². The van der Waals surface area contributed by atoms with Gasteiger partial charge in [-0.3, -0.25) is 0 Å². The Bertz CT molecular complexity index is 543. The first kappa shape index (κ1) is 12.6. The van der Waals surface area contributed by atoms with E-state index in [-0.39, 0.29) is 0 Å². The third kappa shape index (κ3) is 3.10. The third-order valence-corrected chi connectivity index (χ3v) is 3.47. The summed E-state index contributed by atoms with van der Waals surface area (Å²) in [4.78, 5) is 1.31. The summed E-state index contributed by atoms with van der Waals surface area (Å²) in [5, 5.41) is 14.4. The lowest BCUT2D eigenvalue weighted by atomic mass is 10.1. The van der Waals surface area contributed by atoms with E-state index in [9.17, 15) is 0 Å². The van der Waals surface area contributed by atoms with Crippen molar-refractivity contribution in [3.05, 3.63) is 51.7 Å². The van der Waals surface area contributed by atoms with E-state index in [2.05, 4.69) is 22.8 Å². The van der Waals surface area contributed by atoms with Crippen molar-refractivity contribution >= 4 is 11.3 Å². The van der Waals surface area contributed by atoms with E-state index in [0.29, 0.717) is 11.3 Å². The predicted molar refractivity (Wildman–Crippen MR) is 72.6 cm³/mol. The number of ether oxygens (including phenoxy) is 1. The summed E-state index contributed by atoms with van der Waals surface area (Å²) in [5.74, 6) is 0.625. The number of thiophene rings is 1. The first-order valence-electron chi connectivity index (χ1n) is 5.63. The zero-order valence-electron chi connectivity index (χ0n) is 10.1. The molecule has 2 rings (SSSR count). The average molecular weight is 258 g/mol. The van der Waals surface area contributed by atoms with E-state index >= 15 is 0 Å². The van der Waals surface area contributed by atoms with Gasteiger partial charge in [0.25, 0.3) is 0 Å². The number of hydrogen-bond acceptors (Lipinski definition) is 4. The van der Waals surface area contributed by atoms with Crippen molar-refractivity contribution in [3.8, 4) is 11.8 Å². The fraction of sp³-hybridized carbons (Fsp3) is 0.214. The number of nitrogens with zero attached hydrogens (tertiary/aromatic N) is 1. The Hall–Kier alpha value is -1.83. The largest absolute Gasteiger partial charge is 0.495 e. The first-order valence-corrected chi connectivity index (χ1v) is 6.51. The molecule has 0 fully saturated rings. The lowest BCUT2D eigenvalue weighted by Gasteiger charge is -2.06. The van der Waals surface area contributed by atoms with E-state index in [1.165, 1.54) is 4.88 Å². The minimum Gasteiger partial charge on any atom is -0.495 e. The van der Waals surface area contributed by atoms with E-state index in [0.717, 1.165) is 18.7 Å². The molecule has 0 aliphatic carbocycles. The Morgan fingerprint density at radius 2 is 2.22 bits per heavy atom. The standard InChI is InChI=1S/C14H14N2OS/c1-17-14-5-4-11(7-12(14)8-15)9-16-10-13-3-2-6-18-13/h2-7,16H,9-10H2,1H3. The molecule has 0 saturated carbocycles. The van der Waals surface area contributed by atoms with Crippen molar-refractivity contribution < 1.29 is 4.74 Å². The van der Waals surface area contributed by atoms with Gasteiger partial charge in [-0.2, -0.15) is 5.26 Å². The molecule has 4 heteroatoms. The van der Waals surface area contributed by atoms with Crippen LogP contribution >= 0.6 is 11.3 Å². The summed E-state index contributed by atoms with van der Waals surface area (Å²) in [6, 6.07) is 12.0. The smallest absolute Gasteiger partial charge is 0.136 e. The van der Waals surface area contributed by atoms with E-state index in [1.807, 2.05) is 24.3 Å². The third-order valence-electron chi connectivity index (χ3n) is 2.59. The average Bonchev–Trinajstić information content (AvgIpc) is 2.91. The molecule has 1 N–H and O–H groups in total. The molecule has 1 aromatic carbocycles. The molecular weight excluding hydrogens is 244 g/mol. The monoisotopic (exact) mass is 258 g/mol. The molecule has 0 amide bonds. The summed E-state index contributed by atoms with van der Waals surface area (Å²) in [5.41, 5.74) is 1.66. The summed E-state index contributed by atoms with van der Waals surface area (Å²) < 4.78 is 5.11. The topological polar surface area (TPSA) is 45.0 Å². The van der Waals surface area contributed by atoms with Crippen LogP contribution in [0.15, 0.2) is 35.7 Å². The van der Waals surface area contributed by atoms with Gasteiger partial charge in [-0.15, -0.1) is 11.3 Å². The van der Waals surface area contributed by atoms with E-state index in [4.69, 9.17) is 10.00 Å². The maximum Gasteiger partial charge on any atom is 0.136 e. The van der Waals surface area contributed by atoms with Crippen molar-refractivity contribution in [1.82, 2.24) is 5.32 Å². The Labute approximate surface area is 111 Å². The fourth-order valence-electron chi connectivity index (χ4n) is 1.70. The number of benzene rings is 1. The zero-order chi connectivity index (χ0) is 12.8. The molecule has 0 atom stereocenters. The van der Waals surface area contributed by atoms with Crippen molar-refractivity contribution in [2.75, 3.05) is 7.11 Å². The van der Waals surface area contributed by atoms with Gasteiger partial charge >= 0.3 is 0 Å². The van der Waals surface area contributed by atoms with Gasteiger partial charge in [-0.05, 0) is 29.1 Å². The van der Waals surface area contributed by atoms with Crippen LogP contribution in [0.25, 0.3) is 0 Å². The maximum absolute atomic E-state index is 9.00. The van der Waals surface area contributed by atoms with Gasteiger partial charge in [-0.1, -0.05) is 12.1 Å². The van der Waals surface area contributed by atoms with Crippen LogP contribution in [0.5, 0.6) is 5.75 Å². The second-order valence-electron chi connectivity index (χ2n) is 3.83. The Morgan fingerprint density at radius 1 is 1.33 bits per heavy atom. The number of nitrogens with one attached hydrogen (secondary N) is 1. The molecule has 0 spiro atoms. The second kappa shape index (κ2) is 6.20. The van der Waals surface area contributed by atoms with Crippen molar-refractivity contribution in [2.45, 2.75) is 13.1 Å². The molecule has 18 heavy (non-hydrogen) atoms. The van der Waals surface area contributed by atoms with Crippen LogP contribution in [-0.2, 0) is 13.1 Å². The molecule has 1 aromatic heterocycles. The quantitative estimate of drug-likeness (QED) is 0.897. The lowest BCUT2D eigenvalue weighted by molar-refractivity contribution is 0.413. The fourth-order valence-corrected chi connectivity index (χ4v) is 2.37. The van der Waals surface area contributed by atoms with Gasteiger partial charge in [0, 0.05) is 18.0 Å². The van der Waals surface area contributed by atoms with Crippen LogP contribution < -0.4 is 10.1 Å². The van der Waals surface area contributed by atoms with Crippen LogP contribution in [0.1, 0.15) is 16.0 Å². The van der Waals surface area contributed by atoms with Gasteiger partial charge < -0.3 is 10.1 Å². The lowest BCUT2D eigenvalue weighted by Crippen LogP contribution is -2.11. The number of methoxy groups -OCH3 is 1. The van der Waals surface area contributed by atoms with Crippen LogP contribution in [0.3, 0.4) is 0 Å². The molecule has 0 unspecified atom stereocenters. The summed E-state index contributed by atoms with van der Waals surface area (Å²) in [7, 11) is 1.57. The predicted octanol–water partition coefficient (Wildman–Crippen LogP) is 2.92. The number of nitriles is 1. The highest BCUT2D eigenvalue weighted by molar-refractivity contribution is 7.09. The SMILES string of the molecule is COc1ccc(CNCc2cccs2)cc1C#N. The van der Waals surface area contributed by atoms with Crippen molar-refractivity contribution in [2.24, 2.45) is 0 Å². The molecule has 92 valence electrons. The van der Waals surface area contributed by atoms with Crippen LogP contribution in [0.2, 0.25) is 0 Å². The molecule has 0 aliphatic rings. The van der Waals surface area contributed by atoms with Crippen molar-refractivity contribution in [3.63, 3.8) is 0 Å². The van der Waals surface area contributed by atoms with Crippen LogP contribution in [0, 0.1) is 11.3 Å². The Morgan fingerprint density at radius 3 is 2.89 bits per heavy atom. The molecule has 0 aliphatic heterocycles. The summed E-state index contributed by atoms with van der Waals surface area (Å²) in [6.07, 6.45) is 0. The molecule has 1 heterocycles. The molecule has 3 nitrogen and oxygen atoms in total. The highest BCUT2D eigenvalue weighted by atomic mass is 32.1. The van der Waals surface area contributed by atoms with Gasteiger partial charge in [0.2, 0.25) is 0 Å². The molecule has 0 bridgehead atoms. The van der Waals surface area contributed by atoms with Crippen LogP contribution in [-0.4, -0.2) is 7.11 Å². The highest BCUT2D eigenvalue weighted by Gasteiger charge is 2.03. The van der Waals surface area contributed by atoms with Gasteiger partial charge in [0.15, 0.2) is 0 Å². The number of rotatable bonds is 5. The van der Waals surface area contributed by atoms with Gasteiger partial charge in [0.05, 0.1) is 12.7 Å².